The van der Waals surface area contributed by atoms with Crippen molar-refractivity contribution in [1.82, 2.24) is 10.2 Å². The van der Waals surface area contributed by atoms with Gasteiger partial charge in [0.2, 0.25) is 5.91 Å². The lowest BCUT2D eigenvalue weighted by Crippen LogP contribution is -2.44. The summed E-state index contributed by atoms with van der Waals surface area (Å²) >= 11 is 0. The lowest BCUT2D eigenvalue weighted by atomic mass is 9.92. The molecule has 2 aromatic carbocycles. The van der Waals surface area contributed by atoms with Crippen molar-refractivity contribution in [2.45, 2.75) is 64.5 Å². The molecular weight excluding hydrogens is 417 g/mol. The largest absolute Gasteiger partial charge is 0.353 e. The van der Waals surface area contributed by atoms with Gasteiger partial charge in [0, 0.05) is 29.8 Å². The number of anilines is 1. The number of piperidine rings is 1. The second-order valence-corrected chi connectivity index (χ2v) is 9.51. The van der Waals surface area contributed by atoms with Crippen molar-refractivity contribution in [2.24, 2.45) is 5.92 Å². The van der Waals surface area contributed by atoms with Gasteiger partial charge in [-0.25, -0.2) is 4.39 Å². The van der Waals surface area contributed by atoms with Crippen LogP contribution in [0, 0.1) is 18.7 Å². The first-order chi connectivity index (χ1) is 16.0. The van der Waals surface area contributed by atoms with Gasteiger partial charge in [-0.15, -0.1) is 0 Å². The van der Waals surface area contributed by atoms with Crippen LogP contribution in [0.2, 0.25) is 0 Å². The molecule has 2 N–H and O–H groups in total. The summed E-state index contributed by atoms with van der Waals surface area (Å²) in [5.74, 6) is -0.209. The third-order valence-electron chi connectivity index (χ3n) is 6.92. The first-order valence-electron chi connectivity index (χ1n) is 12.2. The smallest absolute Gasteiger partial charge is 0.255 e. The highest BCUT2D eigenvalue weighted by atomic mass is 19.1. The third kappa shape index (κ3) is 6.41. The number of nitrogens with zero attached hydrogens (tertiary/aromatic N) is 1. The van der Waals surface area contributed by atoms with E-state index in [2.05, 4.69) is 21.6 Å². The molecule has 1 aliphatic heterocycles. The summed E-state index contributed by atoms with van der Waals surface area (Å²) < 4.78 is 13.5. The van der Waals surface area contributed by atoms with Gasteiger partial charge in [0.15, 0.2) is 0 Å². The molecule has 2 amide bonds. The second kappa shape index (κ2) is 10.9. The summed E-state index contributed by atoms with van der Waals surface area (Å²) in [4.78, 5) is 27.6. The molecule has 0 radical (unpaired) electrons. The molecule has 176 valence electrons. The lowest BCUT2D eigenvalue weighted by Gasteiger charge is -2.32. The zero-order chi connectivity index (χ0) is 23.2. The van der Waals surface area contributed by atoms with E-state index in [0.717, 1.165) is 56.6 Å². The minimum Gasteiger partial charge on any atom is -0.353 e. The van der Waals surface area contributed by atoms with Crippen molar-refractivity contribution < 1.29 is 14.0 Å². The van der Waals surface area contributed by atoms with E-state index < -0.39 is 0 Å². The molecule has 0 bridgehead atoms. The number of nitrogens with one attached hydrogen (secondary N) is 2. The summed E-state index contributed by atoms with van der Waals surface area (Å²) in [5.41, 5.74) is 2.73. The van der Waals surface area contributed by atoms with Gasteiger partial charge in [-0.05, 0) is 87.2 Å². The van der Waals surface area contributed by atoms with Crippen LogP contribution in [0.5, 0.6) is 0 Å². The fourth-order valence-electron chi connectivity index (χ4n) is 4.91. The van der Waals surface area contributed by atoms with Gasteiger partial charge < -0.3 is 10.6 Å². The molecule has 2 aromatic rings. The quantitative estimate of drug-likeness (QED) is 0.646. The molecule has 1 heterocycles. The van der Waals surface area contributed by atoms with E-state index in [4.69, 9.17) is 0 Å². The summed E-state index contributed by atoms with van der Waals surface area (Å²) in [5, 5.41) is 6.19. The standard InChI is InChI=1S/C27H34FN3O2/c1-19-16-22(10-11-25(19)28)27(33)30-24-9-5-6-20(17-24)18-31-14-12-21(13-15-31)26(32)29-23-7-3-2-4-8-23/h5-6,9-11,16-17,21,23H,2-4,7-8,12-15,18H2,1H3,(H,29,32)(H,30,33). The number of amides is 2. The molecule has 4 rings (SSSR count). The average Bonchev–Trinajstić information content (AvgIpc) is 2.82. The predicted octanol–water partition coefficient (Wildman–Crippen LogP) is 5.05. The van der Waals surface area contributed by atoms with Crippen molar-refractivity contribution in [3.05, 3.63) is 65.0 Å². The molecule has 1 saturated carbocycles. The number of carbonyl (C=O) groups is 2. The van der Waals surface area contributed by atoms with Crippen LogP contribution in [0.25, 0.3) is 0 Å². The number of benzene rings is 2. The first kappa shape index (κ1) is 23.4. The fourth-order valence-corrected chi connectivity index (χ4v) is 4.91. The van der Waals surface area contributed by atoms with E-state index in [1.165, 1.54) is 31.4 Å². The van der Waals surface area contributed by atoms with E-state index in [-0.39, 0.29) is 23.5 Å². The maximum atomic E-state index is 13.5. The Morgan fingerprint density at radius 1 is 1.00 bits per heavy atom. The number of hydrogen-bond donors (Lipinski definition) is 2. The van der Waals surface area contributed by atoms with E-state index in [0.29, 0.717) is 17.2 Å². The Morgan fingerprint density at radius 3 is 2.48 bits per heavy atom. The van der Waals surface area contributed by atoms with Crippen molar-refractivity contribution in [3.63, 3.8) is 0 Å². The lowest BCUT2D eigenvalue weighted by molar-refractivity contribution is -0.127. The molecular formula is C27H34FN3O2. The summed E-state index contributed by atoms with van der Waals surface area (Å²) in [6.45, 7) is 4.23. The number of likely N-dealkylation sites (tertiary alicyclic amines) is 1. The van der Waals surface area contributed by atoms with E-state index in [9.17, 15) is 14.0 Å². The monoisotopic (exact) mass is 451 g/mol. The SMILES string of the molecule is Cc1cc(C(=O)Nc2cccc(CN3CCC(C(=O)NC4CCCCC4)CC3)c2)ccc1F. The van der Waals surface area contributed by atoms with E-state index in [1.807, 2.05) is 18.2 Å². The summed E-state index contributed by atoms with van der Waals surface area (Å²) in [6, 6.07) is 12.6. The second-order valence-electron chi connectivity index (χ2n) is 9.51. The zero-order valence-corrected chi connectivity index (χ0v) is 19.4. The Morgan fingerprint density at radius 2 is 1.76 bits per heavy atom. The Hall–Kier alpha value is -2.73. The molecule has 1 aliphatic carbocycles. The predicted molar refractivity (Wildman–Crippen MR) is 129 cm³/mol. The number of carbonyl (C=O) groups excluding carboxylic acids is 2. The first-order valence-corrected chi connectivity index (χ1v) is 12.2. The maximum absolute atomic E-state index is 13.5. The van der Waals surface area contributed by atoms with Gasteiger partial charge in [-0.2, -0.15) is 0 Å². The van der Waals surface area contributed by atoms with Crippen LogP contribution in [-0.2, 0) is 11.3 Å². The van der Waals surface area contributed by atoms with Crippen LogP contribution in [0.3, 0.4) is 0 Å². The van der Waals surface area contributed by atoms with Crippen LogP contribution in [-0.4, -0.2) is 35.8 Å². The molecule has 33 heavy (non-hydrogen) atoms. The van der Waals surface area contributed by atoms with Crippen LogP contribution in [0.15, 0.2) is 42.5 Å². The van der Waals surface area contributed by atoms with Crippen molar-refractivity contribution in [2.75, 3.05) is 18.4 Å². The number of aryl methyl sites for hydroxylation is 1. The fraction of sp³-hybridized carbons (Fsp3) is 0.481. The number of halogens is 1. The molecule has 5 nitrogen and oxygen atoms in total. The average molecular weight is 452 g/mol. The molecule has 2 fully saturated rings. The highest BCUT2D eigenvalue weighted by Crippen LogP contribution is 2.23. The molecule has 1 saturated heterocycles. The van der Waals surface area contributed by atoms with Crippen LogP contribution in [0.1, 0.15) is 66.4 Å². The molecule has 0 spiro atoms. The van der Waals surface area contributed by atoms with Gasteiger partial charge in [-0.3, -0.25) is 14.5 Å². The van der Waals surface area contributed by atoms with Crippen molar-refractivity contribution >= 4 is 17.5 Å². The van der Waals surface area contributed by atoms with Crippen molar-refractivity contribution in [3.8, 4) is 0 Å². The molecule has 2 aliphatic rings. The molecule has 0 unspecified atom stereocenters. The van der Waals surface area contributed by atoms with Crippen LogP contribution >= 0.6 is 0 Å². The van der Waals surface area contributed by atoms with E-state index >= 15 is 0 Å². The number of hydrogen-bond acceptors (Lipinski definition) is 3. The van der Waals surface area contributed by atoms with Gasteiger partial charge in [-0.1, -0.05) is 31.4 Å². The third-order valence-corrected chi connectivity index (χ3v) is 6.92. The minimum atomic E-state index is -0.316. The van der Waals surface area contributed by atoms with Gasteiger partial charge >= 0.3 is 0 Å². The Kier molecular flexibility index (Phi) is 7.76. The van der Waals surface area contributed by atoms with Gasteiger partial charge in [0.05, 0.1) is 0 Å². The molecule has 6 heteroatoms. The number of rotatable bonds is 6. The summed E-state index contributed by atoms with van der Waals surface area (Å²) in [6.07, 6.45) is 7.77. The minimum absolute atomic E-state index is 0.118. The Balaban J connectivity index is 1.27. The van der Waals surface area contributed by atoms with Crippen LogP contribution in [0.4, 0.5) is 10.1 Å². The zero-order valence-electron chi connectivity index (χ0n) is 19.4. The normalized spacial score (nSPS) is 18.1. The molecule has 0 atom stereocenters. The summed E-state index contributed by atoms with van der Waals surface area (Å²) in [7, 11) is 0. The molecule has 0 aromatic heterocycles. The highest BCUT2D eigenvalue weighted by Gasteiger charge is 2.27. The Labute approximate surface area is 195 Å². The topological polar surface area (TPSA) is 61.4 Å². The highest BCUT2D eigenvalue weighted by molar-refractivity contribution is 6.04. The van der Waals surface area contributed by atoms with Gasteiger partial charge in [0.25, 0.3) is 5.91 Å². The van der Waals surface area contributed by atoms with E-state index in [1.54, 1.807) is 13.0 Å². The van der Waals surface area contributed by atoms with Gasteiger partial charge in [0.1, 0.15) is 5.82 Å². The van der Waals surface area contributed by atoms with Crippen molar-refractivity contribution in [1.29, 1.82) is 0 Å². The maximum Gasteiger partial charge on any atom is 0.255 e. The van der Waals surface area contributed by atoms with Crippen LogP contribution < -0.4 is 10.6 Å². The Bertz CT molecular complexity index is 979.